The van der Waals surface area contributed by atoms with Crippen LogP contribution in [-0.2, 0) is 4.79 Å². The monoisotopic (exact) mass is 293 g/mol. The summed E-state index contributed by atoms with van der Waals surface area (Å²) in [5, 5.41) is 7.80. The van der Waals surface area contributed by atoms with E-state index in [1.807, 2.05) is 13.8 Å². The van der Waals surface area contributed by atoms with Crippen LogP contribution < -0.4 is 25.4 Å². The molecule has 1 heterocycles. The second-order valence-electron chi connectivity index (χ2n) is 4.89. The van der Waals surface area contributed by atoms with E-state index in [2.05, 4.69) is 16.0 Å². The third-order valence-electron chi connectivity index (χ3n) is 2.66. The van der Waals surface area contributed by atoms with Gasteiger partial charge in [0.15, 0.2) is 11.5 Å². The van der Waals surface area contributed by atoms with E-state index in [1.165, 1.54) is 0 Å². The number of hydrogen-bond donors (Lipinski definition) is 3. The highest BCUT2D eigenvalue weighted by molar-refractivity contribution is 5.94. The zero-order valence-corrected chi connectivity index (χ0v) is 12.1. The topological polar surface area (TPSA) is 88.7 Å². The van der Waals surface area contributed by atoms with Gasteiger partial charge in [0.05, 0.1) is 6.54 Å². The van der Waals surface area contributed by atoms with Crippen molar-refractivity contribution in [1.82, 2.24) is 10.6 Å². The number of ether oxygens (including phenoxy) is 2. The number of nitrogens with one attached hydrogen (secondary N) is 3. The van der Waals surface area contributed by atoms with Crippen molar-refractivity contribution in [1.29, 1.82) is 0 Å². The highest BCUT2D eigenvalue weighted by Crippen LogP contribution is 2.32. The molecule has 3 N–H and O–H groups in total. The predicted octanol–water partition coefficient (Wildman–Crippen LogP) is 1.10. The van der Waals surface area contributed by atoms with Gasteiger partial charge in [-0.2, -0.15) is 0 Å². The normalized spacial score (nSPS) is 12.7. The fraction of sp³-hybridized carbons (Fsp3) is 0.429. The molecule has 114 valence electrons. The molecule has 1 aromatic carbocycles. The van der Waals surface area contributed by atoms with Crippen LogP contribution >= 0.6 is 0 Å². The summed E-state index contributed by atoms with van der Waals surface area (Å²) in [6.45, 7) is 4.59. The predicted molar refractivity (Wildman–Crippen MR) is 77.7 cm³/mol. The number of anilines is 1. The molecule has 3 amide bonds. The van der Waals surface area contributed by atoms with E-state index in [4.69, 9.17) is 9.47 Å². The van der Waals surface area contributed by atoms with Gasteiger partial charge < -0.3 is 25.4 Å². The van der Waals surface area contributed by atoms with E-state index in [9.17, 15) is 9.59 Å². The van der Waals surface area contributed by atoms with Crippen LogP contribution in [0.25, 0.3) is 0 Å². The summed E-state index contributed by atoms with van der Waals surface area (Å²) in [6, 6.07) is 4.80. The van der Waals surface area contributed by atoms with E-state index in [0.717, 1.165) is 0 Å². The van der Waals surface area contributed by atoms with Gasteiger partial charge in [-0.05, 0) is 26.0 Å². The van der Waals surface area contributed by atoms with Crippen LogP contribution in [-0.4, -0.2) is 37.7 Å². The van der Waals surface area contributed by atoms with Crippen molar-refractivity contribution in [2.45, 2.75) is 19.9 Å². The van der Waals surface area contributed by atoms with Gasteiger partial charge in [-0.15, -0.1) is 0 Å². The Balaban J connectivity index is 1.84. The summed E-state index contributed by atoms with van der Waals surface area (Å²) in [6.07, 6.45) is 0. The minimum atomic E-state index is -0.373. The first-order valence-corrected chi connectivity index (χ1v) is 6.78. The lowest BCUT2D eigenvalue weighted by Crippen LogP contribution is -2.42. The van der Waals surface area contributed by atoms with Gasteiger partial charge in [-0.25, -0.2) is 4.79 Å². The number of fused-ring (bicyclic) bond motifs is 1. The van der Waals surface area contributed by atoms with Gasteiger partial charge in [0, 0.05) is 17.8 Å². The van der Waals surface area contributed by atoms with E-state index < -0.39 is 0 Å². The fourth-order valence-electron chi connectivity index (χ4n) is 1.80. The molecule has 0 aromatic heterocycles. The Bertz CT molecular complexity index is 531. The number of carbonyl (C=O) groups excluding carboxylic acids is 2. The summed E-state index contributed by atoms with van der Waals surface area (Å²) in [7, 11) is 0. The van der Waals surface area contributed by atoms with E-state index >= 15 is 0 Å². The van der Waals surface area contributed by atoms with Gasteiger partial charge >= 0.3 is 6.03 Å². The van der Waals surface area contributed by atoms with Crippen molar-refractivity contribution < 1.29 is 19.1 Å². The molecule has 0 bridgehead atoms. The van der Waals surface area contributed by atoms with Crippen molar-refractivity contribution in [2.24, 2.45) is 0 Å². The van der Waals surface area contributed by atoms with Crippen LogP contribution in [0.4, 0.5) is 10.5 Å². The zero-order chi connectivity index (χ0) is 15.2. The molecule has 0 aliphatic carbocycles. The van der Waals surface area contributed by atoms with Crippen LogP contribution in [0.2, 0.25) is 0 Å². The Morgan fingerprint density at radius 1 is 1.19 bits per heavy atom. The lowest BCUT2D eigenvalue weighted by atomic mass is 10.2. The highest BCUT2D eigenvalue weighted by Gasteiger charge is 2.13. The molecule has 0 radical (unpaired) electrons. The van der Waals surface area contributed by atoms with Gasteiger partial charge in [0.1, 0.15) is 13.2 Å². The summed E-state index contributed by atoms with van der Waals surface area (Å²) < 4.78 is 10.8. The van der Waals surface area contributed by atoms with E-state index in [-0.39, 0.29) is 24.5 Å². The van der Waals surface area contributed by atoms with E-state index in [0.29, 0.717) is 30.4 Å². The molecule has 0 saturated heterocycles. The zero-order valence-electron chi connectivity index (χ0n) is 12.1. The first kappa shape index (κ1) is 15.0. The molecule has 0 atom stereocenters. The van der Waals surface area contributed by atoms with Crippen molar-refractivity contribution in [3.05, 3.63) is 18.2 Å². The molecule has 21 heavy (non-hydrogen) atoms. The first-order chi connectivity index (χ1) is 10.0. The van der Waals surface area contributed by atoms with Crippen molar-refractivity contribution in [3.8, 4) is 11.5 Å². The Labute approximate surface area is 123 Å². The second-order valence-corrected chi connectivity index (χ2v) is 4.89. The molecule has 7 nitrogen and oxygen atoms in total. The summed E-state index contributed by atoms with van der Waals surface area (Å²) in [5.74, 6) is 0.948. The Morgan fingerprint density at radius 3 is 2.62 bits per heavy atom. The molecule has 7 heteroatoms. The van der Waals surface area contributed by atoms with Gasteiger partial charge in [-0.1, -0.05) is 0 Å². The summed E-state index contributed by atoms with van der Waals surface area (Å²) in [4.78, 5) is 23.1. The van der Waals surface area contributed by atoms with Gasteiger partial charge in [0.2, 0.25) is 5.91 Å². The van der Waals surface area contributed by atoms with Gasteiger partial charge in [-0.3, -0.25) is 4.79 Å². The molecule has 1 aliphatic rings. The molecule has 0 saturated carbocycles. The van der Waals surface area contributed by atoms with Crippen LogP contribution in [0, 0.1) is 0 Å². The number of carbonyl (C=O) groups is 2. The van der Waals surface area contributed by atoms with Crippen molar-refractivity contribution in [2.75, 3.05) is 25.1 Å². The SMILES string of the molecule is CC(C)NC(=O)NCC(=O)Nc1ccc2c(c1)OCCO2. The molecule has 0 fully saturated rings. The molecule has 2 rings (SSSR count). The van der Waals surface area contributed by atoms with Crippen LogP contribution in [0.3, 0.4) is 0 Å². The lowest BCUT2D eigenvalue weighted by molar-refractivity contribution is -0.115. The van der Waals surface area contributed by atoms with Crippen LogP contribution in [0.5, 0.6) is 11.5 Å². The standard InChI is InChI=1S/C14H19N3O4/c1-9(2)16-14(19)15-8-13(18)17-10-3-4-11-12(7-10)21-6-5-20-11/h3-4,7,9H,5-6,8H2,1-2H3,(H,17,18)(H2,15,16,19). The molecule has 0 unspecified atom stereocenters. The Morgan fingerprint density at radius 2 is 1.90 bits per heavy atom. The average Bonchev–Trinajstić information content (AvgIpc) is 2.44. The smallest absolute Gasteiger partial charge is 0.315 e. The third kappa shape index (κ3) is 4.55. The maximum Gasteiger partial charge on any atom is 0.315 e. The van der Waals surface area contributed by atoms with Crippen LogP contribution in [0.1, 0.15) is 13.8 Å². The maximum atomic E-state index is 11.7. The summed E-state index contributed by atoms with van der Waals surface area (Å²) >= 11 is 0. The number of hydrogen-bond acceptors (Lipinski definition) is 4. The minimum absolute atomic E-state index is 0.0193. The number of benzene rings is 1. The quantitative estimate of drug-likeness (QED) is 0.775. The third-order valence-corrected chi connectivity index (χ3v) is 2.66. The molecule has 1 aromatic rings. The van der Waals surface area contributed by atoms with E-state index in [1.54, 1.807) is 18.2 Å². The van der Waals surface area contributed by atoms with Gasteiger partial charge in [0.25, 0.3) is 0 Å². The minimum Gasteiger partial charge on any atom is -0.486 e. The largest absolute Gasteiger partial charge is 0.486 e. The lowest BCUT2D eigenvalue weighted by Gasteiger charge is -2.19. The molecular formula is C14H19N3O4. The first-order valence-electron chi connectivity index (χ1n) is 6.78. The molecule has 0 spiro atoms. The average molecular weight is 293 g/mol. The van der Waals surface area contributed by atoms with Crippen molar-refractivity contribution in [3.63, 3.8) is 0 Å². The van der Waals surface area contributed by atoms with Crippen molar-refractivity contribution >= 4 is 17.6 Å². The number of urea groups is 1. The maximum absolute atomic E-state index is 11.7. The number of amides is 3. The molecular weight excluding hydrogens is 274 g/mol. The summed E-state index contributed by atoms with van der Waals surface area (Å²) in [5.41, 5.74) is 0.593. The fourth-order valence-corrected chi connectivity index (χ4v) is 1.80. The Hall–Kier alpha value is -2.44. The Kier molecular flexibility index (Phi) is 4.86. The highest BCUT2D eigenvalue weighted by atomic mass is 16.6. The van der Waals surface area contributed by atoms with Crippen LogP contribution in [0.15, 0.2) is 18.2 Å². The second kappa shape index (κ2) is 6.83. The number of rotatable bonds is 4. The molecule has 1 aliphatic heterocycles.